The molecule has 2 aromatic rings. The standard InChI is InChI=1S/C21H28F3N5O/c1-11(2)29-16(18-13-7-21(24,8-14(13)18)10-28(3)4)6-15(27-29)12-5-17(30-20(22)23)19(25)26-9-12/h5-6,9,11,13-14,18,20H,7-8,10H2,1-4H3,(H2,25,26)/t13-,14+,18+,21?. The van der Waals surface area contributed by atoms with Gasteiger partial charge in [-0.2, -0.15) is 13.9 Å². The lowest BCUT2D eigenvalue weighted by molar-refractivity contribution is -0.0494. The number of aromatic nitrogens is 3. The van der Waals surface area contributed by atoms with Gasteiger partial charge in [-0.15, -0.1) is 0 Å². The van der Waals surface area contributed by atoms with Crippen LogP contribution in [0.5, 0.6) is 5.75 Å². The normalized spacial score (nSPS) is 27.9. The molecule has 0 spiro atoms. The summed E-state index contributed by atoms with van der Waals surface area (Å²) in [5.41, 5.74) is 6.76. The number of pyridine rings is 1. The minimum atomic E-state index is -2.98. The smallest absolute Gasteiger partial charge is 0.387 e. The van der Waals surface area contributed by atoms with E-state index in [9.17, 15) is 8.78 Å². The Morgan fingerprint density at radius 2 is 1.93 bits per heavy atom. The van der Waals surface area contributed by atoms with E-state index < -0.39 is 12.3 Å². The maximum Gasteiger partial charge on any atom is 0.387 e. The number of nitrogen functional groups attached to an aromatic ring is 1. The van der Waals surface area contributed by atoms with Crippen molar-refractivity contribution in [1.29, 1.82) is 0 Å². The molecule has 2 aliphatic rings. The Hall–Kier alpha value is -2.29. The van der Waals surface area contributed by atoms with E-state index >= 15 is 4.39 Å². The predicted molar refractivity (Wildman–Crippen MR) is 108 cm³/mol. The number of alkyl halides is 3. The SMILES string of the molecule is CC(C)n1nc(-c2cnc(N)c(OC(F)F)c2)cc1[C@H]1[C@@H]2CC(F)(CN(C)C)C[C@@H]21. The van der Waals surface area contributed by atoms with Crippen LogP contribution in [0.3, 0.4) is 0 Å². The van der Waals surface area contributed by atoms with Crippen molar-refractivity contribution in [3.05, 3.63) is 24.0 Å². The van der Waals surface area contributed by atoms with Crippen molar-refractivity contribution in [2.75, 3.05) is 26.4 Å². The van der Waals surface area contributed by atoms with Gasteiger partial charge in [-0.05, 0) is 64.8 Å². The number of ether oxygens (including phenoxy) is 1. The molecular formula is C21H28F3N5O. The molecule has 2 heterocycles. The molecule has 0 aromatic carbocycles. The van der Waals surface area contributed by atoms with Crippen LogP contribution < -0.4 is 10.5 Å². The monoisotopic (exact) mass is 423 g/mol. The van der Waals surface area contributed by atoms with E-state index in [1.165, 1.54) is 12.3 Å². The van der Waals surface area contributed by atoms with Crippen molar-refractivity contribution in [2.24, 2.45) is 11.8 Å². The van der Waals surface area contributed by atoms with Gasteiger partial charge in [0.2, 0.25) is 0 Å². The van der Waals surface area contributed by atoms with Crippen molar-refractivity contribution < 1.29 is 17.9 Å². The highest BCUT2D eigenvalue weighted by Crippen LogP contribution is 2.67. The maximum atomic E-state index is 15.1. The van der Waals surface area contributed by atoms with Crippen LogP contribution in [-0.4, -0.2) is 52.6 Å². The summed E-state index contributed by atoms with van der Waals surface area (Å²) in [6.45, 7) is 1.54. The summed E-state index contributed by atoms with van der Waals surface area (Å²) in [5, 5.41) is 4.69. The average Bonchev–Trinajstić information content (AvgIpc) is 2.99. The van der Waals surface area contributed by atoms with Gasteiger partial charge in [0.15, 0.2) is 11.6 Å². The van der Waals surface area contributed by atoms with Crippen LogP contribution in [0.25, 0.3) is 11.3 Å². The summed E-state index contributed by atoms with van der Waals surface area (Å²) in [5.74, 6) is 0.647. The fourth-order valence-corrected chi connectivity index (χ4v) is 5.06. The number of nitrogens with two attached hydrogens (primary N) is 1. The van der Waals surface area contributed by atoms with E-state index in [-0.39, 0.29) is 23.5 Å². The molecule has 30 heavy (non-hydrogen) atoms. The quantitative estimate of drug-likeness (QED) is 0.726. The number of hydrogen-bond acceptors (Lipinski definition) is 5. The summed E-state index contributed by atoms with van der Waals surface area (Å²) in [6.07, 6.45) is 2.63. The van der Waals surface area contributed by atoms with Crippen LogP contribution in [0.2, 0.25) is 0 Å². The predicted octanol–water partition coefficient (Wildman–Crippen LogP) is 4.10. The molecule has 4 rings (SSSR count). The number of rotatable bonds is 7. The van der Waals surface area contributed by atoms with Gasteiger partial charge in [-0.25, -0.2) is 9.37 Å². The van der Waals surface area contributed by atoms with E-state index in [4.69, 9.17) is 10.8 Å². The molecule has 9 heteroatoms. The molecule has 0 radical (unpaired) electrons. The first-order valence-corrected chi connectivity index (χ1v) is 10.2. The Labute approximate surface area is 174 Å². The lowest BCUT2D eigenvalue weighted by Crippen LogP contribution is -2.35. The maximum absolute atomic E-state index is 15.1. The van der Waals surface area contributed by atoms with Crippen LogP contribution in [0, 0.1) is 11.8 Å². The highest BCUT2D eigenvalue weighted by Gasteiger charge is 2.63. The van der Waals surface area contributed by atoms with Crippen LogP contribution in [0.1, 0.15) is 44.3 Å². The second-order valence-corrected chi connectivity index (χ2v) is 9.13. The second kappa shape index (κ2) is 7.44. The van der Waals surface area contributed by atoms with Crippen LogP contribution in [0.15, 0.2) is 18.3 Å². The third-order valence-corrected chi connectivity index (χ3v) is 6.12. The number of nitrogens with zero attached hydrogens (tertiary/aromatic N) is 4. The largest absolute Gasteiger partial charge is 0.431 e. The Morgan fingerprint density at radius 1 is 1.27 bits per heavy atom. The molecule has 6 nitrogen and oxygen atoms in total. The van der Waals surface area contributed by atoms with Crippen molar-refractivity contribution in [3.8, 4) is 17.0 Å². The first-order valence-electron chi connectivity index (χ1n) is 10.2. The molecule has 164 valence electrons. The zero-order valence-electron chi connectivity index (χ0n) is 17.6. The molecule has 0 saturated heterocycles. The molecule has 0 bridgehead atoms. The fourth-order valence-electron chi connectivity index (χ4n) is 5.06. The van der Waals surface area contributed by atoms with Crippen LogP contribution in [-0.2, 0) is 0 Å². The summed E-state index contributed by atoms with van der Waals surface area (Å²) in [6, 6.07) is 3.52. The van der Waals surface area contributed by atoms with Gasteiger partial charge in [0, 0.05) is 36.0 Å². The summed E-state index contributed by atoms with van der Waals surface area (Å²) < 4.78 is 46.8. The van der Waals surface area contributed by atoms with Gasteiger partial charge in [0.25, 0.3) is 0 Å². The van der Waals surface area contributed by atoms with Gasteiger partial charge >= 0.3 is 6.61 Å². The first-order chi connectivity index (χ1) is 14.1. The number of fused-ring (bicyclic) bond motifs is 1. The minimum absolute atomic E-state index is 0.0977. The summed E-state index contributed by atoms with van der Waals surface area (Å²) in [7, 11) is 3.80. The van der Waals surface area contributed by atoms with Gasteiger partial charge in [-0.1, -0.05) is 0 Å². The van der Waals surface area contributed by atoms with Crippen molar-refractivity contribution in [1.82, 2.24) is 19.7 Å². The van der Waals surface area contributed by atoms with Crippen molar-refractivity contribution in [2.45, 2.75) is 50.9 Å². The Balaban J connectivity index is 1.59. The minimum Gasteiger partial charge on any atom is -0.431 e. The van der Waals surface area contributed by atoms with Gasteiger partial charge in [-0.3, -0.25) is 4.68 Å². The third-order valence-electron chi connectivity index (χ3n) is 6.12. The van der Waals surface area contributed by atoms with Crippen LogP contribution in [0.4, 0.5) is 19.0 Å². The fraction of sp³-hybridized carbons (Fsp3) is 0.619. The molecule has 1 unspecified atom stereocenters. The molecule has 2 aliphatic carbocycles. The topological polar surface area (TPSA) is 69.2 Å². The average molecular weight is 423 g/mol. The van der Waals surface area contributed by atoms with E-state index in [1.54, 1.807) is 0 Å². The van der Waals surface area contributed by atoms with E-state index in [1.807, 2.05) is 43.6 Å². The van der Waals surface area contributed by atoms with Gasteiger partial charge in [0.05, 0.1) is 5.69 Å². The zero-order chi connectivity index (χ0) is 21.8. The highest BCUT2D eigenvalue weighted by molar-refractivity contribution is 5.64. The Kier molecular flexibility index (Phi) is 5.20. The molecule has 2 N–H and O–H groups in total. The molecule has 2 aromatic heterocycles. The Morgan fingerprint density at radius 3 is 2.50 bits per heavy atom. The lowest BCUT2D eigenvalue weighted by atomic mass is 9.94. The number of hydrogen-bond donors (Lipinski definition) is 1. The van der Waals surface area contributed by atoms with Gasteiger partial charge in [0.1, 0.15) is 5.67 Å². The van der Waals surface area contributed by atoms with Crippen LogP contribution >= 0.6 is 0 Å². The summed E-state index contributed by atoms with van der Waals surface area (Å²) >= 11 is 0. The number of halogens is 3. The van der Waals surface area contributed by atoms with Crippen molar-refractivity contribution in [3.63, 3.8) is 0 Å². The van der Waals surface area contributed by atoms with Gasteiger partial charge < -0.3 is 15.4 Å². The molecule has 0 amide bonds. The van der Waals surface area contributed by atoms with E-state index in [0.29, 0.717) is 42.5 Å². The molecule has 2 fully saturated rings. The second-order valence-electron chi connectivity index (χ2n) is 9.13. The molecule has 2 saturated carbocycles. The van der Waals surface area contributed by atoms with E-state index in [0.717, 1.165) is 5.69 Å². The summed E-state index contributed by atoms with van der Waals surface area (Å²) in [4.78, 5) is 5.88. The molecule has 0 aliphatic heterocycles. The zero-order valence-corrected chi connectivity index (χ0v) is 17.6. The number of anilines is 1. The van der Waals surface area contributed by atoms with Crippen molar-refractivity contribution >= 4 is 5.82 Å². The third kappa shape index (κ3) is 3.87. The first kappa shape index (κ1) is 21.0. The molecule has 4 atom stereocenters. The molecular weight excluding hydrogens is 395 g/mol. The lowest BCUT2D eigenvalue weighted by Gasteiger charge is -2.26. The highest BCUT2D eigenvalue weighted by atomic mass is 19.3. The van der Waals surface area contributed by atoms with E-state index in [2.05, 4.69) is 9.72 Å². The Bertz CT molecular complexity index is 917.